The number of methoxy groups -OCH3 is 1. The molecule has 0 unspecified atom stereocenters. The first-order chi connectivity index (χ1) is 12.4. The maximum absolute atomic E-state index is 12.1. The topological polar surface area (TPSA) is 90.7 Å². The minimum absolute atomic E-state index is 0.0774. The van der Waals surface area contributed by atoms with Crippen molar-refractivity contribution in [3.63, 3.8) is 0 Å². The van der Waals surface area contributed by atoms with Crippen LogP contribution in [0.25, 0.3) is 6.08 Å². The number of benzene rings is 2. The summed E-state index contributed by atoms with van der Waals surface area (Å²) in [6, 6.07) is 9.64. The number of amides is 1. The normalized spacial score (nSPS) is 10.6. The number of aryl methyl sites for hydroxylation is 1. The number of anilines is 1. The number of nitrogens with zero attached hydrogens (tertiary/aromatic N) is 1. The first kappa shape index (κ1) is 19.0. The fourth-order valence-electron chi connectivity index (χ4n) is 2.27. The van der Waals surface area contributed by atoms with Gasteiger partial charge >= 0.3 is 0 Å². The number of nitro benzene ring substituents is 1. The predicted octanol–water partition coefficient (Wildman–Crippen LogP) is 3.96. The van der Waals surface area contributed by atoms with Crippen LogP contribution in [0.4, 0.5) is 11.4 Å². The number of hydrogen-bond donors (Lipinski definition) is 1. The van der Waals surface area contributed by atoms with Crippen molar-refractivity contribution in [1.29, 1.82) is 0 Å². The van der Waals surface area contributed by atoms with Gasteiger partial charge in [-0.3, -0.25) is 14.9 Å². The van der Waals surface area contributed by atoms with Crippen LogP contribution in [0.2, 0.25) is 0 Å². The molecule has 1 amide bonds. The Labute approximate surface area is 151 Å². The Morgan fingerprint density at radius 1 is 1.23 bits per heavy atom. The average molecular weight is 356 g/mol. The number of ether oxygens (including phenoxy) is 2. The first-order valence-corrected chi connectivity index (χ1v) is 7.99. The third kappa shape index (κ3) is 4.83. The van der Waals surface area contributed by atoms with Crippen LogP contribution in [0.15, 0.2) is 42.5 Å². The van der Waals surface area contributed by atoms with Crippen molar-refractivity contribution < 1.29 is 19.2 Å². The van der Waals surface area contributed by atoms with Crippen molar-refractivity contribution in [2.75, 3.05) is 19.0 Å². The number of carbonyl (C=O) groups excluding carboxylic acids is 1. The quantitative estimate of drug-likeness (QED) is 0.461. The molecule has 2 aromatic rings. The smallest absolute Gasteiger partial charge is 0.271 e. The molecule has 2 aromatic carbocycles. The zero-order chi connectivity index (χ0) is 19.1. The fourth-order valence-corrected chi connectivity index (χ4v) is 2.27. The van der Waals surface area contributed by atoms with Crippen LogP contribution in [0.1, 0.15) is 18.1 Å². The monoisotopic (exact) mass is 356 g/mol. The number of non-ortho nitro benzene ring substituents is 1. The van der Waals surface area contributed by atoms with E-state index in [1.807, 2.05) is 6.92 Å². The number of carbonyl (C=O) groups is 1. The highest BCUT2D eigenvalue weighted by Crippen LogP contribution is 2.28. The Hall–Kier alpha value is -3.35. The van der Waals surface area contributed by atoms with Crippen LogP contribution in [0, 0.1) is 17.0 Å². The van der Waals surface area contributed by atoms with Gasteiger partial charge in [0, 0.05) is 18.2 Å². The summed E-state index contributed by atoms with van der Waals surface area (Å²) in [7, 11) is 1.56. The summed E-state index contributed by atoms with van der Waals surface area (Å²) < 4.78 is 10.7. The molecule has 0 spiro atoms. The molecule has 0 aromatic heterocycles. The lowest BCUT2D eigenvalue weighted by Gasteiger charge is -2.09. The van der Waals surface area contributed by atoms with Crippen LogP contribution in [-0.2, 0) is 4.79 Å². The molecule has 26 heavy (non-hydrogen) atoms. The number of hydrogen-bond acceptors (Lipinski definition) is 5. The summed E-state index contributed by atoms with van der Waals surface area (Å²) in [4.78, 5) is 22.5. The van der Waals surface area contributed by atoms with E-state index < -0.39 is 4.92 Å². The Kier molecular flexibility index (Phi) is 6.32. The van der Waals surface area contributed by atoms with Crippen molar-refractivity contribution in [1.82, 2.24) is 0 Å². The van der Waals surface area contributed by atoms with E-state index in [1.54, 1.807) is 44.4 Å². The fraction of sp³-hybridized carbons (Fsp3) is 0.211. The maximum atomic E-state index is 12.1. The summed E-state index contributed by atoms with van der Waals surface area (Å²) in [5.74, 6) is 0.815. The van der Waals surface area contributed by atoms with Crippen molar-refractivity contribution >= 4 is 23.4 Å². The molecule has 0 atom stereocenters. The van der Waals surface area contributed by atoms with Crippen molar-refractivity contribution in [2.24, 2.45) is 0 Å². The SMILES string of the molecule is CCOc1cc(/C=C/C(=O)Nc2cc([N+](=O)[O-])ccc2C)ccc1OC. The molecule has 2 rings (SSSR count). The second-order valence-corrected chi connectivity index (χ2v) is 5.42. The maximum Gasteiger partial charge on any atom is 0.271 e. The van der Waals surface area contributed by atoms with E-state index in [0.717, 1.165) is 11.1 Å². The predicted molar refractivity (Wildman–Crippen MR) is 99.7 cm³/mol. The van der Waals surface area contributed by atoms with Crippen LogP contribution in [0.3, 0.4) is 0 Å². The summed E-state index contributed by atoms with van der Waals surface area (Å²) in [5, 5.41) is 13.5. The molecule has 0 aliphatic rings. The van der Waals surface area contributed by atoms with Crippen LogP contribution >= 0.6 is 0 Å². The van der Waals surface area contributed by atoms with Gasteiger partial charge in [0.05, 0.1) is 24.3 Å². The van der Waals surface area contributed by atoms with Gasteiger partial charge in [0.2, 0.25) is 5.91 Å². The second kappa shape index (κ2) is 8.66. The van der Waals surface area contributed by atoms with E-state index in [-0.39, 0.29) is 11.6 Å². The first-order valence-electron chi connectivity index (χ1n) is 7.99. The molecule has 136 valence electrons. The van der Waals surface area contributed by atoms with Gasteiger partial charge in [-0.25, -0.2) is 0 Å². The lowest BCUT2D eigenvalue weighted by Crippen LogP contribution is -2.09. The van der Waals surface area contributed by atoms with Crippen LogP contribution in [-0.4, -0.2) is 24.5 Å². The number of nitrogens with one attached hydrogen (secondary N) is 1. The third-order valence-electron chi connectivity index (χ3n) is 3.60. The molecule has 0 bridgehead atoms. The van der Waals surface area contributed by atoms with Gasteiger partial charge in [-0.05, 0) is 43.2 Å². The van der Waals surface area contributed by atoms with Crippen LogP contribution in [0.5, 0.6) is 11.5 Å². The van der Waals surface area contributed by atoms with Gasteiger partial charge in [0.15, 0.2) is 11.5 Å². The van der Waals surface area contributed by atoms with E-state index in [2.05, 4.69) is 5.32 Å². The minimum Gasteiger partial charge on any atom is -0.493 e. The average Bonchev–Trinajstić information content (AvgIpc) is 2.62. The summed E-state index contributed by atoms with van der Waals surface area (Å²) in [5.41, 5.74) is 1.82. The molecule has 0 aliphatic carbocycles. The highest BCUT2D eigenvalue weighted by atomic mass is 16.6. The molecule has 0 saturated carbocycles. The molecule has 0 fully saturated rings. The molecular formula is C19H20N2O5. The highest BCUT2D eigenvalue weighted by Gasteiger charge is 2.10. The highest BCUT2D eigenvalue weighted by molar-refractivity contribution is 6.02. The molecule has 0 saturated heterocycles. The Morgan fingerprint density at radius 3 is 2.65 bits per heavy atom. The number of rotatable bonds is 7. The standard InChI is InChI=1S/C19H20N2O5/c1-4-26-18-11-14(6-9-17(18)25-3)7-10-19(22)20-16-12-15(21(23)24)8-5-13(16)2/h5-12H,4H2,1-3H3,(H,20,22)/b10-7+. The minimum atomic E-state index is -0.502. The van der Waals surface area contributed by atoms with E-state index in [9.17, 15) is 14.9 Å². The second-order valence-electron chi connectivity index (χ2n) is 5.42. The Bertz CT molecular complexity index is 846. The Balaban J connectivity index is 2.14. The van der Waals surface area contributed by atoms with Crippen molar-refractivity contribution in [3.8, 4) is 11.5 Å². The van der Waals surface area contributed by atoms with Gasteiger partial charge in [0.1, 0.15) is 0 Å². The van der Waals surface area contributed by atoms with Gasteiger partial charge in [0.25, 0.3) is 5.69 Å². The zero-order valence-corrected chi connectivity index (χ0v) is 14.8. The van der Waals surface area contributed by atoms with Gasteiger partial charge in [-0.2, -0.15) is 0 Å². The summed E-state index contributed by atoms with van der Waals surface area (Å²) >= 11 is 0. The molecule has 7 nitrogen and oxygen atoms in total. The van der Waals surface area contributed by atoms with Crippen LogP contribution < -0.4 is 14.8 Å². The molecule has 0 radical (unpaired) electrons. The largest absolute Gasteiger partial charge is 0.493 e. The molecule has 0 heterocycles. The molecular weight excluding hydrogens is 336 g/mol. The van der Waals surface area contributed by atoms with E-state index in [0.29, 0.717) is 23.8 Å². The molecule has 1 N–H and O–H groups in total. The lowest BCUT2D eigenvalue weighted by atomic mass is 10.1. The van der Waals surface area contributed by atoms with Gasteiger partial charge in [-0.1, -0.05) is 12.1 Å². The Morgan fingerprint density at radius 2 is 2.00 bits per heavy atom. The van der Waals surface area contributed by atoms with Crippen molar-refractivity contribution in [2.45, 2.75) is 13.8 Å². The molecule has 7 heteroatoms. The molecule has 0 aliphatic heterocycles. The van der Waals surface area contributed by atoms with Crippen molar-refractivity contribution in [3.05, 3.63) is 63.7 Å². The lowest BCUT2D eigenvalue weighted by molar-refractivity contribution is -0.384. The third-order valence-corrected chi connectivity index (χ3v) is 3.60. The summed E-state index contributed by atoms with van der Waals surface area (Å²) in [6.45, 7) is 4.13. The van der Waals surface area contributed by atoms with E-state index >= 15 is 0 Å². The summed E-state index contributed by atoms with van der Waals surface area (Å²) in [6.07, 6.45) is 2.99. The van der Waals surface area contributed by atoms with E-state index in [4.69, 9.17) is 9.47 Å². The van der Waals surface area contributed by atoms with Gasteiger partial charge < -0.3 is 14.8 Å². The zero-order valence-electron chi connectivity index (χ0n) is 14.8. The van der Waals surface area contributed by atoms with Gasteiger partial charge in [-0.15, -0.1) is 0 Å². The van der Waals surface area contributed by atoms with E-state index in [1.165, 1.54) is 18.2 Å². The number of nitro groups is 1.